The molecule has 0 unspecified atom stereocenters. The molecule has 1 N–H and O–H groups in total. The van der Waals surface area contributed by atoms with E-state index in [4.69, 9.17) is 4.42 Å². The fraction of sp³-hybridized carbons (Fsp3) is 0.0714. The summed E-state index contributed by atoms with van der Waals surface area (Å²) >= 11 is 0. The maximum absolute atomic E-state index is 12.1. The Bertz CT molecular complexity index is 1530. The predicted octanol–water partition coefficient (Wildman–Crippen LogP) is 6.00. The van der Waals surface area contributed by atoms with Gasteiger partial charge in [0, 0.05) is 42.4 Å². The van der Waals surface area contributed by atoms with Gasteiger partial charge in [0.15, 0.2) is 5.43 Å². The first-order valence-electron chi connectivity index (χ1n) is 10.5. The van der Waals surface area contributed by atoms with Crippen molar-refractivity contribution in [3.05, 3.63) is 101 Å². The van der Waals surface area contributed by atoms with Crippen molar-refractivity contribution in [2.45, 2.75) is 0 Å². The SMILES string of the molecule is CN(C)c1ccc(-c2ccc3c(-c4ccccc4C(=O)O)c4ccc(=O)cc-4oc3c2)cc1. The highest BCUT2D eigenvalue weighted by Crippen LogP contribution is 2.42. The molecule has 0 spiro atoms. The van der Waals surface area contributed by atoms with Gasteiger partial charge in [-0.15, -0.1) is 0 Å². The van der Waals surface area contributed by atoms with Gasteiger partial charge in [-0.05, 0) is 59.2 Å². The van der Waals surface area contributed by atoms with E-state index < -0.39 is 5.97 Å². The quantitative estimate of drug-likeness (QED) is 0.351. The van der Waals surface area contributed by atoms with Gasteiger partial charge in [0.1, 0.15) is 11.3 Å². The van der Waals surface area contributed by atoms with E-state index in [0.717, 1.165) is 27.8 Å². The number of carbonyl (C=O) groups is 1. The molecule has 1 aliphatic carbocycles. The third-order valence-electron chi connectivity index (χ3n) is 5.84. The first-order chi connectivity index (χ1) is 15.9. The van der Waals surface area contributed by atoms with Crippen molar-refractivity contribution in [2.24, 2.45) is 0 Å². The molecule has 3 aromatic carbocycles. The molecular weight excluding hydrogens is 414 g/mol. The number of carboxylic acids is 1. The summed E-state index contributed by atoms with van der Waals surface area (Å²) in [6.45, 7) is 0. The number of hydrogen-bond acceptors (Lipinski definition) is 4. The fourth-order valence-corrected chi connectivity index (χ4v) is 4.18. The lowest BCUT2D eigenvalue weighted by Crippen LogP contribution is -2.07. The summed E-state index contributed by atoms with van der Waals surface area (Å²) in [6.07, 6.45) is 0. The molecule has 0 bridgehead atoms. The summed E-state index contributed by atoms with van der Waals surface area (Å²) in [5, 5.41) is 10.6. The average molecular weight is 435 g/mol. The number of nitrogens with zero attached hydrogens (tertiary/aromatic N) is 1. The van der Waals surface area contributed by atoms with E-state index in [1.807, 2.05) is 55.4 Å². The molecule has 0 saturated carbocycles. The summed E-state index contributed by atoms with van der Waals surface area (Å²) in [5.74, 6) is -0.587. The number of hydrogen-bond donors (Lipinski definition) is 1. The Labute approximate surface area is 190 Å². The molecule has 0 amide bonds. The number of benzene rings is 4. The van der Waals surface area contributed by atoms with E-state index in [1.54, 1.807) is 24.3 Å². The summed E-state index contributed by atoms with van der Waals surface area (Å²) < 4.78 is 6.16. The molecule has 3 aromatic rings. The molecule has 5 nitrogen and oxygen atoms in total. The van der Waals surface area contributed by atoms with E-state index in [2.05, 4.69) is 12.1 Å². The Morgan fingerprint density at radius 1 is 0.818 bits per heavy atom. The lowest BCUT2D eigenvalue weighted by molar-refractivity contribution is 0.0697. The topological polar surface area (TPSA) is 70.8 Å². The minimum Gasteiger partial charge on any atom is -0.478 e. The van der Waals surface area contributed by atoms with Crippen LogP contribution >= 0.6 is 0 Å². The third-order valence-corrected chi connectivity index (χ3v) is 5.84. The Hall–Kier alpha value is -4.38. The molecule has 162 valence electrons. The first-order valence-corrected chi connectivity index (χ1v) is 10.5. The summed E-state index contributed by atoms with van der Waals surface area (Å²) in [4.78, 5) is 26.1. The maximum atomic E-state index is 12.1. The van der Waals surface area contributed by atoms with Crippen LogP contribution < -0.4 is 10.3 Å². The lowest BCUT2D eigenvalue weighted by Gasteiger charge is -2.17. The molecule has 0 atom stereocenters. The highest BCUT2D eigenvalue weighted by atomic mass is 16.4. The van der Waals surface area contributed by atoms with E-state index in [9.17, 15) is 14.7 Å². The van der Waals surface area contributed by atoms with Crippen molar-refractivity contribution in [2.75, 3.05) is 19.0 Å². The lowest BCUT2D eigenvalue weighted by atomic mass is 9.90. The van der Waals surface area contributed by atoms with Crippen LogP contribution in [-0.2, 0) is 0 Å². The number of fused-ring (bicyclic) bond motifs is 2. The van der Waals surface area contributed by atoms with Gasteiger partial charge in [0.05, 0.1) is 5.56 Å². The molecule has 5 rings (SSSR count). The molecule has 5 heteroatoms. The molecular formula is C28H21NO4. The van der Waals surface area contributed by atoms with Crippen LogP contribution in [0, 0.1) is 0 Å². The molecule has 0 fully saturated rings. The van der Waals surface area contributed by atoms with E-state index in [-0.39, 0.29) is 11.0 Å². The highest BCUT2D eigenvalue weighted by molar-refractivity contribution is 6.07. The van der Waals surface area contributed by atoms with Crippen molar-refractivity contribution >= 4 is 22.6 Å². The Morgan fingerprint density at radius 3 is 2.27 bits per heavy atom. The summed E-state index contributed by atoms with van der Waals surface area (Å²) in [5.41, 5.74) is 5.72. The minimum absolute atomic E-state index is 0.168. The van der Waals surface area contributed by atoms with Gasteiger partial charge in [-0.25, -0.2) is 4.79 Å². The van der Waals surface area contributed by atoms with Gasteiger partial charge in [-0.2, -0.15) is 0 Å². The Morgan fingerprint density at radius 2 is 1.55 bits per heavy atom. The van der Waals surface area contributed by atoms with Crippen molar-refractivity contribution in [3.63, 3.8) is 0 Å². The van der Waals surface area contributed by atoms with Crippen LogP contribution in [0.5, 0.6) is 0 Å². The average Bonchev–Trinajstić information content (AvgIpc) is 2.82. The molecule has 1 aliphatic heterocycles. The van der Waals surface area contributed by atoms with Gasteiger partial charge < -0.3 is 14.4 Å². The largest absolute Gasteiger partial charge is 0.478 e. The molecule has 1 heterocycles. The smallest absolute Gasteiger partial charge is 0.336 e. The van der Waals surface area contributed by atoms with E-state index in [0.29, 0.717) is 22.5 Å². The zero-order chi connectivity index (χ0) is 23.1. The van der Waals surface area contributed by atoms with Crippen molar-refractivity contribution in [1.82, 2.24) is 0 Å². The molecule has 0 aromatic heterocycles. The van der Waals surface area contributed by atoms with E-state index >= 15 is 0 Å². The molecule has 2 aliphatic rings. The molecule has 0 radical (unpaired) electrons. The zero-order valence-electron chi connectivity index (χ0n) is 18.2. The Kier molecular flexibility index (Phi) is 4.94. The fourth-order valence-electron chi connectivity index (χ4n) is 4.18. The number of aromatic carboxylic acids is 1. The standard InChI is InChI=1S/C28H21NO4/c1-29(2)19-10-7-17(8-11-19)18-9-13-23-25(15-18)33-26-16-20(30)12-14-24(26)27(23)21-5-3-4-6-22(21)28(31)32/h3-16H,1-2H3,(H,31,32). The first kappa shape index (κ1) is 20.5. The summed E-state index contributed by atoms with van der Waals surface area (Å²) in [7, 11) is 3.99. The van der Waals surface area contributed by atoms with Gasteiger partial charge in [-0.1, -0.05) is 36.4 Å². The number of carboxylic acid groups (broad SMARTS) is 1. The second kappa shape index (κ2) is 7.95. The molecule has 33 heavy (non-hydrogen) atoms. The minimum atomic E-state index is -1.01. The second-order valence-electron chi connectivity index (χ2n) is 8.14. The van der Waals surface area contributed by atoms with Gasteiger partial charge in [0.2, 0.25) is 0 Å². The number of anilines is 1. The van der Waals surface area contributed by atoms with Crippen molar-refractivity contribution in [1.29, 1.82) is 0 Å². The number of rotatable bonds is 4. The van der Waals surface area contributed by atoms with Crippen LogP contribution in [0.1, 0.15) is 10.4 Å². The van der Waals surface area contributed by atoms with Gasteiger partial charge in [0.25, 0.3) is 0 Å². The van der Waals surface area contributed by atoms with Crippen molar-refractivity contribution < 1.29 is 14.3 Å². The molecule has 0 saturated heterocycles. The van der Waals surface area contributed by atoms with Crippen LogP contribution in [0.25, 0.3) is 44.5 Å². The van der Waals surface area contributed by atoms with Crippen LogP contribution in [0.4, 0.5) is 5.69 Å². The van der Waals surface area contributed by atoms with Crippen molar-refractivity contribution in [3.8, 4) is 33.6 Å². The highest BCUT2D eigenvalue weighted by Gasteiger charge is 2.21. The van der Waals surface area contributed by atoms with Crippen LogP contribution in [0.2, 0.25) is 0 Å². The zero-order valence-corrected chi connectivity index (χ0v) is 18.2. The van der Waals surface area contributed by atoms with E-state index in [1.165, 1.54) is 12.1 Å². The maximum Gasteiger partial charge on any atom is 0.336 e. The predicted molar refractivity (Wildman–Crippen MR) is 131 cm³/mol. The third kappa shape index (κ3) is 3.64. The van der Waals surface area contributed by atoms with Crippen LogP contribution in [0.3, 0.4) is 0 Å². The van der Waals surface area contributed by atoms with Crippen LogP contribution in [0.15, 0.2) is 94.1 Å². The Balaban J connectivity index is 1.79. The summed E-state index contributed by atoms with van der Waals surface area (Å²) in [6, 6.07) is 25.6. The van der Waals surface area contributed by atoms with Gasteiger partial charge >= 0.3 is 5.97 Å². The van der Waals surface area contributed by atoms with Gasteiger partial charge in [-0.3, -0.25) is 4.79 Å². The van der Waals surface area contributed by atoms with Crippen LogP contribution in [-0.4, -0.2) is 25.2 Å². The second-order valence-corrected chi connectivity index (χ2v) is 8.14. The normalized spacial score (nSPS) is 11.1. The monoisotopic (exact) mass is 435 g/mol.